The second-order valence-electron chi connectivity index (χ2n) is 4.23. The number of rotatable bonds is 6. The van der Waals surface area contributed by atoms with E-state index in [9.17, 15) is 4.39 Å². The van der Waals surface area contributed by atoms with Crippen LogP contribution in [0.25, 0.3) is 0 Å². The molecule has 0 aliphatic carbocycles. The lowest BCUT2D eigenvalue weighted by Gasteiger charge is -2.15. The molecule has 4 heteroatoms. The van der Waals surface area contributed by atoms with Gasteiger partial charge in [-0.05, 0) is 24.5 Å². The van der Waals surface area contributed by atoms with Crippen LogP contribution in [0.4, 0.5) is 4.39 Å². The van der Waals surface area contributed by atoms with Crippen molar-refractivity contribution >= 4 is 23.4 Å². The molecule has 1 aromatic rings. The standard InChI is InChI=1S/C13H19ClFNS/c1-3-9(2)17-8-11(16)7-10-5-4-6-12(14)13(10)15/h4-6,9,11H,3,7-8,16H2,1-2H3. The van der Waals surface area contributed by atoms with Gasteiger partial charge in [-0.15, -0.1) is 0 Å². The fraction of sp³-hybridized carbons (Fsp3) is 0.538. The molecule has 2 N–H and O–H groups in total. The minimum Gasteiger partial charge on any atom is -0.327 e. The maximum atomic E-state index is 13.6. The van der Waals surface area contributed by atoms with Gasteiger partial charge in [0.2, 0.25) is 0 Å². The predicted molar refractivity (Wildman–Crippen MR) is 75.3 cm³/mol. The molecule has 1 rings (SSSR count). The maximum Gasteiger partial charge on any atom is 0.145 e. The zero-order valence-electron chi connectivity index (χ0n) is 10.2. The largest absolute Gasteiger partial charge is 0.327 e. The molecule has 0 heterocycles. The van der Waals surface area contributed by atoms with E-state index in [-0.39, 0.29) is 16.9 Å². The third-order valence-electron chi connectivity index (χ3n) is 2.68. The van der Waals surface area contributed by atoms with Crippen molar-refractivity contribution in [3.63, 3.8) is 0 Å². The van der Waals surface area contributed by atoms with Crippen molar-refractivity contribution in [2.45, 2.75) is 38.0 Å². The van der Waals surface area contributed by atoms with Crippen LogP contribution in [-0.2, 0) is 6.42 Å². The van der Waals surface area contributed by atoms with Gasteiger partial charge < -0.3 is 5.73 Å². The lowest BCUT2D eigenvalue weighted by molar-refractivity contribution is 0.597. The molecule has 0 radical (unpaired) electrons. The summed E-state index contributed by atoms with van der Waals surface area (Å²) < 4.78 is 13.6. The number of hydrogen-bond donors (Lipinski definition) is 1. The quantitative estimate of drug-likeness (QED) is 0.853. The van der Waals surface area contributed by atoms with E-state index in [1.54, 1.807) is 18.2 Å². The van der Waals surface area contributed by atoms with Crippen molar-refractivity contribution in [2.24, 2.45) is 5.73 Å². The van der Waals surface area contributed by atoms with Crippen molar-refractivity contribution in [1.29, 1.82) is 0 Å². The van der Waals surface area contributed by atoms with Gasteiger partial charge in [-0.25, -0.2) is 4.39 Å². The summed E-state index contributed by atoms with van der Waals surface area (Å²) in [6.45, 7) is 4.33. The first kappa shape index (κ1) is 14.8. The van der Waals surface area contributed by atoms with Crippen LogP contribution in [0.1, 0.15) is 25.8 Å². The summed E-state index contributed by atoms with van der Waals surface area (Å²) in [6, 6.07) is 5.03. The first-order chi connectivity index (χ1) is 8.04. The van der Waals surface area contributed by atoms with Crippen LogP contribution in [0.5, 0.6) is 0 Å². The smallest absolute Gasteiger partial charge is 0.145 e. The number of halogens is 2. The molecule has 17 heavy (non-hydrogen) atoms. The van der Waals surface area contributed by atoms with Crippen molar-refractivity contribution in [2.75, 3.05) is 5.75 Å². The molecule has 0 aliphatic rings. The second kappa shape index (κ2) is 7.24. The van der Waals surface area contributed by atoms with Gasteiger partial charge in [0.15, 0.2) is 0 Å². The Bertz CT molecular complexity index is 359. The molecule has 0 aliphatic heterocycles. The lowest BCUT2D eigenvalue weighted by atomic mass is 10.1. The summed E-state index contributed by atoms with van der Waals surface area (Å²) >= 11 is 7.56. The third kappa shape index (κ3) is 4.86. The summed E-state index contributed by atoms with van der Waals surface area (Å²) in [6.07, 6.45) is 1.67. The Morgan fingerprint density at radius 2 is 2.18 bits per heavy atom. The maximum absolute atomic E-state index is 13.6. The average Bonchev–Trinajstić information content (AvgIpc) is 2.32. The highest BCUT2D eigenvalue weighted by atomic mass is 35.5. The van der Waals surface area contributed by atoms with Gasteiger partial charge in [-0.2, -0.15) is 11.8 Å². The van der Waals surface area contributed by atoms with E-state index in [2.05, 4.69) is 13.8 Å². The number of benzene rings is 1. The fourth-order valence-corrected chi connectivity index (χ4v) is 2.58. The molecule has 2 atom stereocenters. The van der Waals surface area contributed by atoms with E-state index in [4.69, 9.17) is 17.3 Å². The summed E-state index contributed by atoms with van der Waals surface area (Å²) in [5.74, 6) is 0.513. The molecule has 0 amide bonds. The molecule has 0 aromatic heterocycles. The van der Waals surface area contributed by atoms with Crippen LogP contribution in [0.15, 0.2) is 18.2 Å². The molecule has 96 valence electrons. The Morgan fingerprint density at radius 1 is 1.47 bits per heavy atom. The summed E-state index contributed by atoms with van der Waals surface area (Å²) in [7, 11) is 0. The van der Waals surface area contributed by atoms with Gasteiger partial charge in [0.05, 0.1) is 5.02 Å². The van der Waals surface area contributed by atoms with Crippen molar-refractivity contribution < 1.29 is 4.39 Å². The molecule has 1 nitrogen and oxygen atoms in total. The van der Waals surface area contributed by atoms with Gasteiger partial charge >= 0.3 is 0 Å². The minimum absolute atomic E-state index is 0.0260. The van der Waals surface area contributed by atoms with Crippen LogP contribution in [0, 0.1) is 5.82 Å². The van der Waals surface area contributed by atoms with Gasteiger partial charge in [-0.1, -0.05) is 37.6 Å². The molecular formula is C13H19ClFNS. The Kier molecular flexibility index (Phi) is 6.31. The van der Waals surface area contributed by atoms with Gasteiger partial charge in [-0.3, -0.25) is 0 Å². The summed E-state index contributed by atoms with van der Waals surface area (Å²) in [5, 5.41) is 0.773. The highest BCUT2D eigenvalue weighted by Gasteiger charge is 2.11. The highest BCUT2D eigenvalue weighted by Crippen LogP contribution is 2.20. The average molecular weight is 276 g/mol. The second-order valence-corrected chi connectivity index (χ2v) is 6.11. The Morgan fingerprint density at radius 3 is 2.82 bits per heavy atom. The molecule has 0 saturated heterocycles. The Hall–Kier alpha value is -0.250. The van der Waals surface area contributed by atoms with E-state index in [1.807, 2.05) is 11.8 Å². The molecule has 2 unspecified atom stereocenters. The monoisotopic (exact) mass is 275 g/mol. The van der Waals surface area contributed by atoms with Crippen molar-refractivity contribution in [1.82, 2.24) is 0 Å². The third-order valence-corrected chi connectivity index (χ3v) is 4.50. The SMILES string of the molecule is CCC(C)SCC(N)Cc1cccc(Cl)c1F. The van der Waals surface area contributed by atoms with E-state index in [0.29, 0.717) is 17.2 Å². The number of hydrogen-bond acceptors (Lipinski definition) is 2. The lowest BCUT2D eigenvalue weighted by Crippen LogP contribution is -2.27. The van der Waals surface area contributed by atoms with Crippen LogP contribution >= 0.6 is 23.4 Å². The molecule has 1 aromatic carbocycles. The summed E-state index contributed by atoms with van der Waals surface area (Å²) in [5.41, 5.74) is 6.60. The van der Waals surface area contributed by atoms with Crippen LogP contribution < -0.4 is 5.73 Å². The number of thioether (sulfide) groups is 1. The van der Waals surface area contributed by atoms with Crippen molar-refractivity contribution in [3.05, 3.63) is 34.6 Å². The van der Waals surface area contributed by atoms with Gasteiger partial charge in [0.1, 0.15) is 5.82 Å². The highest BCUT2D eigenvalue weighted by molar-refractivity contribution is 7.99. The fourth-order valence-electron chi connectivity index (χ4n) is 1.45. The van der Waals surface area contributed by atoms with Crippen LogP contribution in [0.3, 0.4) is 0 Å². The van der Waals surface area contributed by atoms with E-state index < -0.39 is 0 Å². The van der Waals surface area contributed by atoms with Crippen molar-refractivity contribution in [3.8, 4) is 0 Å². The Balaban J connectivity index is 2.50. The first-order valence-electron chi connectivity index (χ1n) is 5.84. The normalized spacial score (nSPS) is 14.6. The molecule has 0 spiro atoms. The predicted octanol–water partition coefficient (Wildman–Crippen LogP) is 3.88. The minimum atomic E-state index is -0.335. The van der Waals surface area contributed by atoms with E-state index in [1.165, 1.54) is 0 Å². The zero-order chi connectivity index (χ0) is 12.8. The van der Waals surface area contributed by atoms with E-state index in [0.717, 1.165) is 12.2 Å². The topological polar surface area (TPSA) is 26.0 Å². The zero-order valence-corrected chi connectivity index (χ0v) is 11.8. The summed E-state index contributed by atoms with van der Waals surface area (Å²) in [4.78, 5) is 0. The molecular weight excluding hydrogens is 257 g/mol. The first-order valence-corrected chi connectivity index (χ1v) is 7.27. The number of nitrogens with two attached hydrogens (primary N) is 1. The van der Waals surface area contributed by atoms with Crippen LogP contribution in [0.2, 0.25) is 5.02 Å². The van der Waals surface area contributed by atoms with E-state index >= 15 is 0 Å². The molecule has 0 saturated carbocycles. The van der Waals surface area contributed by atoms with Gasteiger partial charge in [0.25, 0.3) is 0 Å². The molecule has 0 fully saturated rings. The van der Waals surface area contributed by atoms with Crippen LogP contribution in [-0.4, -0.2) is 17.0 Å². The van der Waals surface area contributed by atoms with Gasteiger partial charge in [0, 0.05) is 17.0 Å². The molecule has 0 bridgehead atoms. The Labute approximate surface area is 112 Å².